The standard InChI is InChI=1S/C34H34N4O4/c1-41-23-11-12-30(31(18-23)42-2)38-21-22(17-32(38)39)33(40)37-15-13-34(14-16-37,26-19-35-28-9-5-3-7-24(26)28)27-20-36-29-10-6-4-8-25(27)29/h3-12,18-20,22,35-36H,13-17,21H2,1-2H3/t22-/m0/s1. The van der Waals surface area contributed by atoms with E-state index in [1.54, 1.807) is 31.3 Å². The Kier molecular flexibility index (Phi) is 6.41. The van der Waals surface area contributed by atoms with Crippen molar-refractivity contribution < 1.29 is 19.1 Å². The van der Waals surface area contributed by atoms with Crippen LogP contribution in [0.1, 0.15) is 30.4 Å². The number of H-pyrrole nitrogens is 2. The molecule has 2 aliphatic heterocycles. The van der Waals surface area contributed by atoms with E-state index in [-0.39, 0.29) is 23.7 Å². The molecule has 0 saturated carbocycles. The Morgan fingerprint density at radius 2 is 1.48 bits per heavy atom. The maximum Gasteiger partial charge on any atom is 0.228 e. The van der Waals surface area contributed by atoms with E-state index in [1.165, 1.54) is 21.9 Å². The van der Waals surface area contributed by atoms with E-state index in [0.717, 1.165) is 23.9 Å². The lowest BCUT2D eigenvalue weighted by Crippen LogP contribution is -2.47. The molecule has 2 N–H and O–H groups in total. The van der Waals surface area contributed by atoms with Gasteiger partial charge in [0.2, 0.25) is 11.8 Å². The number of hydrogen-bond acceptors (Lipinski definition) is 4. The number of likely N-dealkylation sites (tertiary alicyclic amines) is 1. The number of ether oxygens (including phenoxy) is 2. The van der Waals surface area contributed by atoms with Gasteiger partial charge in [0.15, 0.2) is 0 Å². The third-order valence-electron chi connectivity index (χ3n) is 9.29. The number of aromatic nitrogens is 2. The van der Waals surface area contributed by atoms with E-state index < -0.39 is 5.92 Å². The molecule has 5 aromatic rings. The lowest BCUT2D eigenvalue weighted by molar-refractivity contribution is -0.137. The lowest BCUT2D eigenvalue weighted by atomic mass is 9.67. The van der Waals surface area contributed by atoms with Gasteiger partial charge in [0.05, 0.1) is 25.8 Å². The zero-order valence-electron chi connectivity index (χ0n) is 23.9. The van der Waals surface area contributed by atoms with Gasteiger partial charge in [-0.25, -0.2) is 0 Å². The number of benzene rings is 3. The molecule has 2 aromatic heterocycles. The van der Waals surface area contributed by atoms with E-state index in [1.807, 2.05) is 11.0 Å². The Bertz CT molecular complexity index is 1720. The fraction of sp³-hybridized carbons (Fsp3) is 0.294. The number of anilines is 1. The SMILES string of the molecule is COc1ccc(N2C[C@@H](C(=O)N3CCC(c4c[nH]c5ccccc45)(c4c[nH]c5ccccc45)CC3)CC2=O)c(OC)c1. The number of rotatable bonds is 6. The van der Waals surface area contributed by atoms with Crippen molar-refractivity contribution in [2.24, 2.45) is 5.92 Å². The second-order valence-electron chi connectivity index (χ2n) is 11.3. The van der Waals surface area contributed by atoms with Crippen LogP contribution in [0.4, 0.5) is 5.69 Å². The van der Waals surface area contributed by atoms with Gasteiger partial charge in [-0.3, -0.25) is 9.59 Å². The number of fused-ring (bicyclic) bond motifs is 2. The van der Waals surface area contributed by atoms with Crippen molar-refractivity contribution in [1.29, 1.82) is 0 Å². The van der Waals surface area contributed by atoms with Crippen molar-refractivity contribution in [3.8, 4) is 11.5 Å². The van der Waals surface area contributed by atoms with E-state index >= 15 is 0 Å². The Balaban J connectivity index is 1.16. The number of piperidine rings is 1. The third kappa shape index (κ3) is 4.12. The molecule has 3 aromatic carbocycles. The van der Waals surface area contributed by atoms with E-state index in [4.69, 9.17) is 9.47 Å². The van der Waals surface area contributed by atoms with Gasteiger partial charge in [-0.2, -0.15) is 0 Å². The lowest BCUT2D eigenvalue weighted by Gasteiger charge is -2.43. The number of carbonyl (C=O) groups excluding carboxylic acids is 2. The maximum absolute atomic E-state index is 13.9. The third-order valence-corrected chi connectivity index (χ3v) is 9.29. The molecule has 0 radical (unpaired) electrons. The van der Waals surface area contributed by atoms with Crippen LogP contribution in [-0.2, 0) is 15.0 Å². The van der Waals surface area contributed by atoms with Crippen molar-refractivity contribution in [1.82, 2.24) is 14.9 Å². The van der Waals surface area contributed by atoms with Crippen LogP contribution in [0, 0.1) is 5.92 Å². The largest absolute Gasteiger partial charge is 0.497 e. The number of para-hydroxylation sites is 2. The minimum atomic E-state index is -0.391. The summed E-state index contributed by atoms with van der Waals surface area (Å²) in [7, 11) is 3.16. The van der Waals surface area contributed by atoms with Crippen LogP contribution in [0.15, 0.2) is 79.1 Å². The molecule has 7 rings (SSSR count). The molecule has 0 spiro atoms. The summed E-state index contributed by atoms with van der Waals surface area (Å²) in [6.07, 6.45) is 6.08. The summed E-state index contributed by atoms with van der Waals surface area (Å²) in [5.41, 5.74) is 5.17. The fourth-order valence-corrected chi connectivity index (χ4v) is 7.10. The molecule has 4 heterocycles. The smallest absolute Gasteiger partial charge is 0.228 e. The number of hydrogen-bond donors (Lipinski definition) is 2. The predicted molar refractivity (Wildman–Crippen MR) is 163 cm³/mol. The Morgan fingerprint density at radius 3 is 2.07 bits per heavy atom. The molecule has 0 unspecified atom stereocenters. The highest BCUT2D eigenvalue weighted by atomic mass is 16.5. The highest BCUT2D eigenvalue weighted by Gasteiger charge is 2.44. The topological polar surface area (TPSA) is 90.7 Å². The Hall–Kier alpha value is -4.72. The van der Waals surface area contributed by atoms with Crippen molar-refractivity contribution in [3.05, 3.63) is 90.3 Å². The van der Waals surface area contributed by atoms with E-state index in [2.05, 4.69) is 70.9 Å². The van der Waals surface area contributed by atoms with Crippen LogP contribution < -0.4 is 14.4 Å². The first-order chi connectivity index (χ1) is 20.5. The van der Waals surface area contributed by atoms with Crippen molar-refractivity contribution in [3.63, 3.8) is 0 Å². The number of nitrogens with one attached hydrogen (secondary N) is 2. The molecule has 2 fully saturated rings. The van der Waals surface area contributed by atoms with Crippen molar-refractivity contribution >= 4 is 39.3 Å². The van der Waals surface area contributed by atoms with Crippen LogP contribution >= 0.6 is 0 Å². The normalized spacial score (nSPS) is 18.6. The van der Waals surface area contributed by atoms with Crippen LogP contribution in [-0.4, -0.2) is 60.5 Å². The molecule has 0 bridgehead atoms. The van der Waals surface area contributed by atoms with Gasteiger partial charge >= 0.3 is 0 Å². The first kappa shape index (κ1) is 26.2. The van der Waals surface area contributed by atoms with Gasteiger partial charge < -0.3 is 29.2 Å². The summed E-state index contributed by atoms with van der Waals surface area (Å²) < 4.78 is 10.9. The first-order valence-corrected chi connectivity index (χ1v) is 14.5. The molecule has 214 valence electrons. The van der Waals surface area contributed by atoms with Gasteiger partial charge in [-0.1, -0.05) is 36.4 Å². The van der Waals surface area contributed by atoms with Gasteiger partial charge in [-0.15, -0.1) is 0 Å². The second kappa shape index (κ2) is 10.3. The Labute approximate surface area is 244 Å². The summed E-state index contributed by atoms with van der Waals surface area (Å²) in [6, 6.07) is 22.2. The molecule has 2 aliphatic rings. The van der Waals surface area contributed by atoms with E-state index in [9.17, 15) is 9.59 Å². The highest BCUT2D eigenvalue weighted by molar-refractivity contribution is 6.01. The van der Waals surface area contributed by atoms with Crippen LogP contribution in [0.3, 0.4) is 0 Å². The Morgan fingerprint density at radius 1 is 0.857 bits per heavy atom. The molecule has 8 nitrogen and oxygen atoms in total. The number of methoxy groups -OCH3 is 2. The fourth-order valence-electron chi connectivity index (χ4n) is 7.10. The molecular formula is C34H34N4O4. The minimum Gasteiger partial charge on any atom is -0.497 e. The summed E-state index contributed by atoms with van der Waals surface area (Å²) >= 11 is 0. The molecule has 1 atom stereocenters. The monoisotopic (exact) mass is 562 g/mol. The number of amides is 2. The van der Waals surface area contributed by atoms with Crippen molar-refractivity contribution in [2.75, 3.05) is 38.8 Å². The summed E-state index contributed by atoms with van der Waals surface area (Å²) in [5.74, 6) is 0.789. The van der Waals surface area contributed by atoms with Crippen LogP contribution in [0.2, 0.25) is 0 Å². The second-order valence-corrected chi connectivity index (χ2v) is 11.3. The summed E-state index contributed by atoms with van der Waals surface area (Å²) in [5, 5.41) is 2.43. The summed E-state index contributed by atoms with van der Waals surface area (Å²) in [6.45, 7) is 1.58. The summed E-state index contributed by atoms with van der Waals surface area (Å²) in [4.78, 5) is 37.6. The molecule has 2 amide bonds. The average molecular weight is 563 g/mol. The predicted octanol–water partition coefficient (Wildman–Crippen LogP) is 5.63. The highest BCUT2D eigenvalue weighted by Crippen LogP contribution is 2.47. The molecule has 2 saturated heterocycles. The minimum absolute atomic E-state index is 0.0461. The molecular weight excluding hydrogens is 528 g/mol. The van der Waals surface area contributed by atoms with Crippen LogP contribution in [0.5, 0.6) is 11.5 Å². The molecule has 8 heteroatoms. The molecule has 42 heavy (non-hydrogen) atoms. The van der Waals surface area contributed by atoms with Crippen molar-refractivity contribution in [2.45, 2.75) is 24.7 Å². The van der Waals surface area contributed by atoms with Crippen LogP contribution in [0.25, 0.3) is 21.8 Å². The maximum atomic E-state index is 13.9. The van der Waals surface area contributed by atoms with Gasteiger partial charge in [0.1, 0.15) is 11.5 Å². The zero-order chi connectivity index (χ0) is 28.8. The van der Waals surface area contributed by atoms with Gasteiger partial charge in [0.25, 0.3) is 0 Å². The quantitative estimate of drug-likeness (QED) is 0.281. The number of nitrogens with zero attached hydrogens (tertiary/aromatic N) is 2. The van der Waals surface area contributed by atoms with Gasteiger partial charge in [0, 0.05) is 71.7 Å². The average Bonchev–Trinajstić information content (AvgIpc) is 3.77. The van der Waals surface area contributed by atoms with E-state index in [0.29, 0.717) is 36.8 Å². The first-order valence-electron chi connectivity index (χ1n) is 14.5. The number of aromatic amines is 2. The number of carbonyl (C=O) groups is 2. The molecule has 0 aliphatic carbocycles. The van der Waals surface area contributed by atoms with Gasteiger partial charge in [-0.05, 0) is 48.2 Å². The zero-order valence-corrected chi connectivity index (χ0v) is 23.9.